The van der Waals surface area contributed by atoms with E-state index in [0.29, 0.717) is 5.69 Å². The second-order valence-corrected chi connectivity index (χ2v) is 4.23. The van der Waals surface area contributed by atoms with Gasteiger partial charge in [0.25, 0.3) is 0 Å². The fourth-order valence-electron chi connectivity index (χ4n) is 1.69. The number of aromatic hydroxyl groups is 1. The van der Waals surface area contributed by atoms with Gasteiger partial charge in [-0.25, -0.2) is 4.98 Å². The van der Waals surface area contributed by atoms with E-state index in [4.69, 9.17) is 0 Å². The van der Waals surface area contributed by atoms with Crippen LogP contribution in [0.25, 0.3) is 11.4 Å². The average molecular weight is 232 g/mol. The Morgan fingerprint density at radius 3 is 2.76 bits per heavy atom. The average Bonchev–Trinajstić information content (AvgIpc) is 2.61. The van der Waals surface area contributed by atoms with Crippen molar-refractivity contribution in [3.63, 3.8) is 0 Å². The molecular formula is C12H16N4O. The Bertz CT molecular complexity index is 519. The quantitative estimate of drug-likeness (QED) is 0.865. The van der Waals surface area contributed by atoms with Gasteiger partial charge in [-0.1, -0.05) is 0 Å². The minimum atomic E-state index is 0.173. The van der Waals surface area contributed by atoms with Crippen LogP contribution in [0.2, 0.25) is 0 Å². The minimum Gasteiger partial charge on any atom is -0.506 e. The fraction of sp³-hybridized carbons (Fsp3) is 0.333. The van der Waals surface area contributed by atoms with Crippen LogP contribution in [0.15, 0.2) is 24.5 Å². The molecule has 2 aromatic rings. The lowest BCUT2D eigenvalue weighted by molar-refractivity contribution is 0.385. The van der Waals surface area contributed by atoms with Gasteiger partial charge in [-0.05, 0) is 26.2 Å². The van der Waals surface area contributed by atoms with Crippen molar-refractivity contribution in [3.05, 3.63) is 30.4 Å². The number of hydrogen-bond acceptors (Lipinski definition) is 4. The van der Waals surface area contributed by atoms with Crippen molar-refractivity contribution in [1.82, 2.24) is 19.4 Å². The third-order valence-electron chi connectivity index (χ3n) is 2.57. The van der Waals surface area contributed by atoms with E-state index in [0.717, 1.165) is 18.1 Å². The molecule has 0 radical (unpaired) electrons. The number of rotatable bonds is 3. The molecule has 0 aromatic carbocycles. The minimum absolute atomic E-state index is 0.173. The van der Waals surface area contributed by atoms with Crippen molar-refractivity contribution in [2.75, 3.05) is 14.1 Å². The third kappa shape index (κ3) is 2.29. The maximum Gasteiger partial charge on any atom is 0.143 e. The predicted octanol–water partition coefficient (Wildman–Crippen LogP) is 1.25. The first-order chi connectivity index (χ1) is 8.09. The van der Waals surface area contributed by atoms with Crippen molar-refractivity contribution in [1.29, 1.82) is 0 Å². The Labute approximate surface area is 100 Å². The summed E-state index contributed by atoms with van der Waals surface area (Å²) in [5.74, 6) is 1.11. The zero-order chi connectivity index (χ0) is 12.4. The van der Waals surface area contributed by atoms with Crippen molar-refractivity contribution in [2.45, 2.75) is 6.54 Å². The molecule has 17 heavy (non-hydrogen) atoms. The first kappa shape index (κ1) is 11.6. The van der Waals surface area contributed by atoms with E-state index >= 15 is 0 Å². The van der Waals surface area contributed by atoms with Gasteiger partial charge in [0.2, 0.25) is 0 Å². The summed E-state index contributed by atoms with van der Waals surface area (Å²) in [5, 5.41) is 9.77. The Morgan fingerprint density at radius 1 is 1.35 bits per heavy atom. The first-order valence-electron chi connectivity index (χ1n) is 5.39. The number of aromatic nitrogens is 3. The molecule has 2 heterocycles. The van der Waals surface area contributed by atoms with Crippen LogP contribution >= 0.6 is 0 Å². The van der Waals surface area contributed by atoms with Gasteiger partial charge in [-0.15, -0.1) is 0 Å². The second-order valence-electron chi connectivity index (χ2n) is 4.23. The van der Waals surface area contributed by atoms with Crippen molar-refractivity contribution >= 4 is 0 Å². The number of nitrogens with zero attached hydrogens (tertiary/aromatic N) is 4. The molecule has 0 saturated heterocycles. The highest BCUT2D eigenvalue weighted by atomic mass is 16.3. The maximum absolute atomic E-state index is 9.77. The highest BCUT2D eigenvalue weighted by Gasteiger charge is 2.12. The van der Waals surface area contributed by atoms with E-state index in [9.17, 15) is 5.11 Å². The summed E-state index contributed by atoms with van der Waals surface area (Å²) in [6.45, 7) is 0.754. The van der Waals surface area contributed by atoms with Crippen LogP contribution in [0.4, 0.5) is 0 Å². The fourth-order valence-corrected chi connectivity index (χ4v) is 1.69. The Balaban J connectivity index is 2.41. The summed E-state index contributed by atoms with van der Waals surface area (Å²) in [4.78, 5) is 10.6. The van der Waals surface area contributed by atoms with Gasteiger partial charge in [0.05, 0.1) is 18.4 Å². The van der Waals surface area contributed by atoms with Gasteiger partial charge >= 0.3 is 0 Å². The Kier molecular flexibility index (Phi) is 3.10. The molecule has 0 spiro atoms. The molecule has 0 atom stereocenters. The van der Waals surface area contributed by atoms with Gasteiger partial charge in [-0.2, -0.15) is 0 Å². The van der Waals surface area contributed by atoms with Crippen LogP contribution in [0.5, 0.6) is 5.75 Å². The Hall–Kier alpha value is -1.88. The highest BCUT2D eigenvalue weighted by Crippen LogP contribution is 2.26. The SMILES string of the molecule is CN(C)Cc1ncc(-c2ncccc2O)n1C. The van der Waals surface area contributed by atoms with Crippen LogP contribution in [-0.4, -0.2) is 38.6 Å². The third-order valence-corrected chi connectivity index (χ3v) is 2.57. The summed E-state index contributed by atoms with van der Waals surface area (Å²) >= 11 is 0. The molecule has 0 aliphatic rings. The van der Waals surface area contributed by atoms with Gasteiger partial charge in [0.15, 0.2) is 0 Å². The molecule has 5 heteroatoms. The second kappa shape index (κ2) is 4.55. The molecule has 5 nitrogen and oxygen atoms in total. The van der Waals surface area contributed by atoms with E-state index in [1.807, 2.05) is 30.6 Å². The smallest absolute Gasteiger partial charge is 0.143 e. The van der Waals surface area contributed by atoms with Gasteiger partial charge < -0.3 is 14.6 Å². The van der Waals surface area contributed by atoms with E-state index in [1.165, 1.54) is 0 Å². The van der Waals surface area contributed by atoms with E-state index in [1.54, 1.807) is 24.5 Å². The first-order valence-corrected chi connectivity index (χ1v) is 5.39. The maximum atomic E-state index is 9.77. The molecule has 2 rings (SSSR count). The lowest BCUT2D eigenvalue weighted by Gasteiger charge is -2.10. The summed E-state index contributed by atoms with van der Waals surface area (Å²) in [6.07, 6.45) is 3.40. The van der Waals surface area contributed by atoms with Crippen LogP contribution in [0.3, 0.4) is 0 Å². The molecule has 0 aliphatic carbocycles. The molecule has 1 N–H and O–H groups in total. The number of pyridine rings is 1. The summed E-state index contributed by atoms with van der Waals surface area (Å²) in [6, 6.07) is 3.33. The molecule has 0 fully saturated rings. The molecule has 0 aliphatic heterocycles. The van der Waals surface area contributed by atoms with Crippen LogP contribution in [0.1, 0.15) is 5.82 Å². The van der Waals surface area contributed by atoms with Crippen molar-refractivity contribution in [2.24, 2.45) is 7.05 Å². The van der Waals surface area contributed by atoms with Gasteiger partial charge in [-0.3, -0.25) is 4.98 Å². The molecule has 0 unspecified atom stereocenters. The van der Waals surface area contributed by atoms with E-state index in [2.05, 4.69) is 9.97 Å². The zero-order valence-corrected chi connectivity index (χ0v) is 10.3. The van der Waals surface area contributed by atoms with E-state index in [-0.39, 0.29) is 5.75 Å². The number of hydrogen-bond donors (Lipinski definition) is 1. The standard InChI is InChI=1S/C12H16N4O/c1-15(2)8-11-14-7-9(16(11)3)12-10(17)5-4-6-13-12/h4-7,17H,8H2,1-3H3. The molecule has 0 amide bonds. The normalized spacial score (nSPS) is 11.1. The summed E-state index contributed by atoms with van der Waals surface area (Å²) < 4.78 is 1.95. The van der Waals surface area contributed by atoms with Crippen LogP contribution in [0, 0.1) is 0 Å². The van der Waals surface area contributed by atoms with Crippen LogP contribution in [-0.2, 0) is 13.6 Å². The highest BCUT2D eigenvalue weighted by molar-refractivity contribution is 5.61. The van der Waals surface area contributed by atoms with Crippen molar-refractivity contribution in [3.8, 4) is 17.1 Å². The lowest BCUT2D eigenvalue weighted by atomic mass is 10.2. The van der Waals surface area contributed by atoms with Gasteiger partial charge in [0, 0.05) is 13.2 Å². The monoisotopic (exact) mass is 232 g/mol. The lowest BCUT2D eigenvalue weighted by Crippen LogP contribution is -2.14. The largest absolute Gasteiger partial charge is 0.506 e. The summed E-state index contributed by atoms with van der Waals surface area (Å²) in [5.41, 5.74) is 1.38. The molecule has 90 valence electrons. The van der Waals surface area contributed by atoms with Gasteiger partial charge in [0.1, 0.15) is 17.3 Å². The zero-order valence-electron chi connectivity index (χ0n) is 10.3. The van der Waals surface area contributed by atoms with Crippen LogP contribution < -0.4 is 0 Å². The molecule has 0 saturated carbocycles. The predicted molar refractivity (Wildman–Crippen MR) is 65.5 cm³/mol. The number of imidazole rings is 1. The summed E-state index contributed by atoms with van der Waals surface area (Å²) in [7, 11) is 5.91. The van der Waals surface area contributed by atoms with Crippen molar-refractivity contribution < 1.29 is 5.11 Å². The topological polar surface area (TPSA) is 54.2 Å². The molecule has 0 bridgehead atoms. The Morgan fingerprint density at radius 2 is 2.12 bits per heavy atom. The molecule has 2 aromatic heterocycles. The van der Waals surface area contributed by atoms with E-state index < -0.39 is 0 Å². The molecular weight excluding hydrogens is 216 g/mol.